The number of nitrogens with zero attached hydrogens (tertiary/aromatic N) is 1. The summed E-state index contributed by atoms with van der Waals surface area (Å²) >= 11 is 0. The molecule has 0 radical (unpaired) electrons. The molecule has 1 nitrogen and oxygen atoms in total. The van der Waals surface area contributed by atoms with E-state index in [1.165, 1.54) is 66.8 Å². The lowest BCUT2D eigenvalue weighted by atomic mass is 9.71. The molecule has 0 N–H and O–H groups in total. The van der Waals surface area contributed by atoms with Crippen molar-refractivity contribution in [2.45, 2.75) is 12.3 Å². The van der Waals surface area contributed by atoms with Crippen LogP contribution in [0.1, 0.15) is 57.0 Å². The third-order valence-electron chi connectivity index (χ3n) is 11.9. The van der Waals surface area contributed by atoms with Crippen molar-refractivity contribution in [1.29, 1.82) is 0 Å². The smallest absolute Gasteiger partial charge is 0.0898 e. The van der Waals surface area contributed by atoms with Crippen LogP contribution in [0.4, 0.5) is 0 Å². The van der Waals surface area contributed by atoms with Gasteiger partial charge in [0.15, 0.2) is 0 Å². The molecule has 1 atom stereocenters. The summed E-state index contributed by atoms with van der Waals surface area (Å²) in [5.74, 6) is 0. The lowest BCUT2D eigenvalue weighted by Crippen LogP contribution is -2.27. The molecule has 2 aliphatic carbocycles. The van der Waals surface area contributed by atoms with E-state index in [2.05, 4.69) is 225 Å². The van der Waals surface area contributed by atoms with Crippen LogP contribution >= 0.6 is 0 Å². The van der Waals surface area contributed by atoms with Crippen molar-refractivity contribution >= 4 is 28.5 Å². The molecule has 0 amide bonds. The fraction of sp³-hybridized carbons (Fsp3) is 0.0351. The molecule has 8 aromatic rings. The van der Waals surface area contributed by atoms with Gasteiger partial charge >= 0.3 is 0 Å². The standard InChI is InChI=1S/C57H41N/c1-39(42-21-9-4-10-22-42)55-50-28-16-18-30-53(50)57(56(55)58-40(2)43-23-11-5-12-24-43)52-29-17-15-27-48(52)49-36-35-47(38-54(49)57)44-31-33-46(34-32-44)51(45-25-13-6-14-26-45)37-41-19-7-3-8-20-41/h3-38H,1H2,2H3/b51-37-,58-40+. The number of allylic oxidation sites excluding steroid dienone is 3. The minimum Gasteiger partial charge on any atom is -0.255 e. The van der Waals surface area contributed by atoms with Crippen LogP contribution in [0.3, 0.4) is 0 Å². The highest BCUT2D eigenvalue weighted by Gasteiger charge is 2.54. The Bertz CT molecular complexity index is 2920. The molecule has 0 saturated heterocycles. The quantitative estimate of drug-likeness (QED) is 0.109. The van der Waals surface area contributed by atoms with Crippen molar-refractivity contribution in [3.8, 4) is 22.3 Å². The Labute approximate surface area is 341 Å². The summed E-state index contributed by atoms with van der Waals surface area (Å²) in [7, 11) is 0. The van der Waals surface area contributed by atoms with E-state index in [1.54, 1.807) is 0 Å². The van der Waals surface area contributed by atoms with Crippen LogP contribution < -0.4 is 0 Å². The van der Waals surface area contributed by atoms with E-state index < -0.39 is 5.41 Å². The Morgan fingerprint density at radius 2 is 0.931 bits per heavy atom. The van der Waals surface area contributed by atoms with E-state index in [4.69, 9.17) is 11.6 Å². The maximum atomic E-state index is 5.75. The van der Waals surface area contributed by atoms with Crippen molar-refractivity contribution in [2.24, 2.45) is 4.99 Å². The molecule has 0 fully saturated rings. The fourth-order valence-electron chi connectivity index (χ4n) is 9.12. The summed E-state index contributed by atoms with van der Waals surface area (Å²) in [4.78, 5) is 5.75. The molecule has 0 aliphatic heterocycles. The molecule has 58 heavy (non-hydrogen) atoms. The highest BCUT2D eigenvalue weighted by Crippen LogP contribution is 2.64. The summed E-state index contributed by atoms with van der Waals surface area (Å²) in [5, 5.41) is 0. The van der Waals surface area contributed by atoms with Gasteiger partial charge in [-0.05, 0) is 103 Å². The zero-order chi connectivity index (χ0) is 39.1. The van der Waals surface area contributed by atoms with Gasteiger partial charge in [-0.2, -0.15) is 0 Å². The zero-order valence-electron chi connectivity index (χ0n) is 32.4. The first kappa shape index (κ1) is 35.1. The predicted octanol–water partition coefficient (Wildman–Crippen LogP) is 14.2. The third kappa shape index (κ3) is 5.83. The Kier molecular flexibility index (Phi) is 8.85. The molecule has 274 valence electrons. The highest BCUT2D eigenvalue weighted by molar-refractivity contribution is 6.13. The maximum absolute atomic E-state index is 5.75. The van der Waals surface area contributed by atoms with Gasteiger partial charge in [0.25, 0.3) is 0 Å². The van der Waals surface area contributed by atoms with Crippen LogP contribution in [-0.2, 0) is 5.41 Å². The van der Waals surface area contributed by atoms with Crippen LogP contribution in [0.15, 0.2) is 230 Å². The number of rotatable bonds is 8. The van der Waals surface area contributed by atoms with Crippen LogP contribution in [0.5, 0.6) is 0 Å². The minimum absolute atomic E-state index is 0.666. The molecule has 0 bridgehead atoms. The lowest BCUT2D eigenvalue weighted by molar-refractivity contribution is 0.756. The molecule has 0 heterocycles. The average molecular weight is 740 g/mol. The van der Waals surface area contributed by atoms with Gasteiger partial charge < -0.3 is 0 Å². The first-order valence-corrected chi connectivity index (χ1v) is 20.0. The second-order valence-corrected chi connectivity index (χ2v) is 15.1. The van der Waals surface area contributed by atoms with Crippen LogP contribution in [0.2, 0.25) is 0 Å². The van der Waals surface area contributed by atoms with Gasteiger partial charge in [0.05, 0.1) is 11.1 Å². The van der Waals surface area contributed by atoms with Gasteiger partial charge in [0.2, 0.25) is 0 Å². The van der Waals surface area contributed by atoms with E-state index in [9.17, 15) is 0 Å². The lowest BCUT2D eigenvalue weighted by Gasteiger charge is -2.31. The minimum atomic E-state index is -0.666. The Balaban J connectivity index is 1.18. The number of hydrogen-bond donors (Lipinski definition) is 0. The summed E-state index contributed by atoms with van der Waals surface area (Å²) in [5.41, 5.74) is 20.0. The Morgan fingerprint density at radius 1 is 0.448 bits per heavy atom. The van der Waals surface area contributed by atoms with Crippen LogP contribution in [0, 0.1) is 0 Å². The highest BCUT2D eigenvalue weighted by atomic mass is 14.8. The second-order valence-electron chi connectivity index (χ2n) is 15.1. The van der Waals surface area contributed by atoms with Gasteiger partial charge in [0.1, 0.15) is 0 Å². The Morgan fingerprint density at radius 3 is 1.59 bits per heavy atom. The summed E-state index contributed by atoms with van der Waals surface area (Å²) in [6.45, 7) is 6.94. The van der Waals surface area contributed by atoms with Crippen molar-refractivity contribution < 1.29 is 0 Å². The summed E-state index contributed by atoms with van der Waals surface area (Å²) in [6.07, 6.45) is 2.28. The molecule has 8 aromatic carbocycles. The van der Waals surface area contributed by atoms with Crippen molar-refractivity contribution in [3.05, 3.63) is 275 Å². The van der Waals surface area contributed by atoms with Gasteiger partial charge in [0, 0.05) is 11.3 Å². The molecule has 1 unspecified atom stereocenters. The molecular weight excluding hydrogens is 699 g/mol. The normalized spacial score (nSPS) is 15.6. The third-order valence-corrected chi connectivity index (χ3v) is 11.9. The van der Waals surface area contributed by atoms with E-state index >= 15 is 0 Å². The number of aliphatic imine (C=N–C) groups is 1. The number of fused-ring (bicyclic) bond motifs is 7. The predicted molar refractivity (Wildman–Crippen MR) is 245 cm³/mol. The van der Waals surface area contributed by atoms with Crippen molar-refractivity contribution in [2.75, 3.05) is 0 Å². The molecule has 0 saturated carbocycles. The van der Waals surface area contributed by atoms with Crippen LogP contribution in [-0.4, -0.2) is 5.71 Å². The van der Waals surface area contributed by atoms with Crippen LogP contribution in [0.25, 0.3) is 45.0 Å². The second kappa shape index (κ2) is 14.6. The zero-order valence-corrected chi connectivity index (χ0v) is 32.4. The average Bonchev–Trinajstić information content (AvgIpc) is 3.75. The van der Waals surface area contributed by atoms with Crippen molar-refractivity contribution in [3.63, 3.8) is 0 Å². The topological polar surface area (TPSA) is 12.4 Å². The van der Waals surface area contributed by atoms with E-state index in [0.29, 0.717) is 0 Å². The molecule has 0 aromatic heterocycles. The number of benzene rings is 8. The SMILES string of the molecule is C=C(C1=C(/N=C(\C)c2ccccc2)C2(c3ccccc31)c1ccccc1-c1ccc(-c3ccc(/C(=C\c4ccccc4)c4ccccc4)cc3)cc12)c1ccccc1. The molecular formula is C57H41N. The molecule has 1 heteroatoms. The van der Waals surface area contributed by atoms with E-state index in [1.807, 2.05) is 0 Å². The van der Waals surface area contributed by atoms with Gasteiger partial charge in [-0.25, -0.2) is 0 Å². The van der Waals surface area contributed by atoms with Crippen molar-refractivity contribution in [1.82, 2.24) is 0 Å². The van der Waals surface area contributed by atoms with Gasteiger partial charge in [-0.3, -0.25) is 4.99 Å². The van der Waals surface area contributed by atoms with Gasteiger partial charge in [-0.15, -0.1) is 0 Å². The fourth-order valence-corrected chi connectivity index (χ4v) is 9.12. The molecule has 10 rings (SSSR count). The summed E-state index contributed by atoms with van der Waals surface area (Å²) < 4.78 is 0. The molecule has 2 aliphatic rings. The monoisotopic (exact) mass is 739 g/mol. The largest absolute Gasteiger partial charge is 0.255 e. The summed E-state index contributed by atoms with van der Waals surface area (Å²) in [6, 6.07) is 76.3. The van der Waals surface area contributed by atoms with E-state index in [-0.39, 0.29) is 0 Å². The van der Waals surface area contributed by atoms with E-state index in [0.717, 1.165) is 33.7 Å². The maximum Gasteiger partial charge on any atom is 0.0898 e. The van der Waals surface area contributed by atoms with Gasteiger partial charge in [-0.1, -0.05) is 213 Å². The number of hydrogen-bond acceptors (Lipinski definition) is 1. The Hall–Kier alpha value is -7.35. The molecule has 1 spiro atoms. The first-order chi connectivity index (χ1) is 28.6. The first-order valence-electron chi connectivity index (χ1n) is 20.0.